The van der Waals surface area contributed by atoms with E-state index < -0.39 is 6.10 Å². The van der Waals surface area contributed by atoms with Crippen LogP contribution < -0.4 is 5.32 Å². The number of nitrogens with zero attached hydrogens (tertiary/aromatic N) is 2. The van der Waals surface area contributed by atoms with E-state index in [4.69, 9.17) is 0 Å². The zero-order valence-corrected chi connectivity index (χ0v) is 13.8. The largest absolute Gasteiger partial charge is 0.391 e. The standard InChI is InChI=1S/C16H23N3OS/c1-11(13(20)10-12-8-6-5-7-9-12)17-15-19-18-14(21-15)16(2,3)4/h5-9,11,13,20H,10H2,1-4H3,(H,17,19). The molecule has 5 heteroatoms. The highest BCUT2D eigenvalue weighted by molar-refractivity contribution is 7.15. The molecule has 1 aromatic heterocycles. The summed E-state index contributed by atoms with van der Waals surface area (Å²) < 4.78 is 0. The van der Waals surface area contributed by atoms with Crippen molar-refractivity contribution in [3.8, 4) is 0 Å². The Balaban J connectivity index is 1.94. The summed E-state index contributed by atoms with van der Waals surface area (Å²) in [5, 5.41) is 23.7. The fourth-order valence-electron chi connectivity index (χ4n) is 1.91. The molecule has 114 valence electrons. The minimum atomic E-state index is -0.464. The highest BCUT2D eigenvalue weighted by atomic mass is 32.1. The zero-order valence-electron chi connectivity index (χ0n) is 13.0. The molecule has 0 amide bonds. The van der Waals surface area contributed by atoms with Gasteiger partial charge in [-0.2, -0.15) is 0 Å². The van der Waals surface area contributed by atoms with Gasteiger partial charge < -0.3 is 10.4 Å². The summed E-state index contributed by atoms with van der Waals surface area (Å²) >= 11 is 1.55. The van der Waals surface area contributed by atoms with E-state index in [1.54, 1.807) is 11.3 Å². The third-order valence-corrected chi connectivity index (χ3v) is 4.56. The molecule has 0 radical (unpaired) electrons. The number of hydrogen-bond donors (Lipinski definition) is 2. The third-order valence-electron chi connectivity index (χ3n) is 3.28. The van der Waals surface area contributed by atoms with Crippen LogP contribution in [-0.4, -0.2) is 27.4 Å². The summed E-state index contributed by atoms with van der Waals surface area (Å²) in [6, 6.07) is 9.93. The lowest BCUT2D eigenvalue weighted by Gasteiger charge is -2.19. The lowest BCUT2D eigenvalue weighted by atomic mass is 9.98. The molecule has 4 nitrogen and oxygen atoms in total. The summed E-state index contributed by atoms with van der Waals surface area (Å²) in [4.78, 5) is 0. The van der Waals surface area contributed by atoms with E-state index >= 15 is 0 Å². The maximum absolute atomic E-state index is 10.3. The summed E-state index contributed by atoms with van der Waals surface area (Å²) in [6.45, 7) is 8.31. The minimum absolute atomic E-state index is 0.00346. The van der Waals surface area contributed by atoms with Crippen LogP contribution in [0.4, 0.5) is 5.13 Å². The second kappa shape index (κ2) is 6.54. The summed E-state index contributed by atoms with van der Waals surface area (Å²) in [6.07, 6.45) is 0.161. The molecule has 2 unspecified atom stereocenters. The van der Waals surface area contributed by atoms with Gasteiger partial charge in [0.2, 0.25) is 5.13 Å². The molecular weight excluding hydrogens is 282 g/mol. The Labute approximate surface area is 130 Å². The summed E-state index contributed by atoms with van der Waals surface area (Å²) in [5.41, 5.74) is 1.13. The Bertz CT molecular complexity index is 562. The Morgan fingerprint density at radius 2 is 1.86 bits per heavy atom. The van der Waals surface area contributed by atoms with Crippen molar-refractivity contribution < 1.29 is 5.11 Å². The van der Waals surface area contributed by atoms with Gasteiger partial charge in [0.05, 0.1) is 12.1 Å². The number of aliphatic hydroxyl groups excluding tert-OH is 1. The zero-order chi connectivity index (χ0) is 15.5. The number of rotatable bonds is 5. The van der Waals surface area contributed by atoms with Gasteiger partial charge >= 0.3 is 0 Å². The summed E-state index contributed by atoms with van der Waals surface area (Å²) in [5.74, 6) is 0. The molecule has 0 aliphatic heterocycles. The van der Waals surface area contributed by atoms with Crippen LogP contribution in [0.15, 0.2) is 30.3 Å². The van der Waals surface area contributed by atoms with E-state index in [-0.39, 0.29) is 11.5 Å². The van der Waals surface area contributed by atoms with Gasteiger partial charge in [0.25, 0.3) is 0 Å². The highest BCUT2D eigenvalue weighted by Gasteiger charge is 2.21. The minimum Gasteiger partial charge on any atom is -0.391 e. The van der Waals surface area contributed by atoms with E-state index in [9.17, 15) is 5.11 Å². The van der Waals surface area contributed by atoms with Gasteiger partial charge in [-0.15, -0.1) is 10.2 Å². The molecule has 2 aromatic rings. The van der Waals surface area contributed by atoms with E-state index in [0.717, 1.165) is 15.7 Å². The van der Waals surface area contributed by atoms with Crippen LogP contribution in [-0.2, 0) is 11.8 Å². The quantitative estimate of drug-likeness (QED) is 0.890. The van der Waals surface area contributed by atoms with E-state index in [0.29, 0.717) is 6.42 Å². The smallest absolute Gasteiger partial charge is 0.205 e. The first kappa shape index (κ1) is 15.9. The number of anilines is 1. The van der Waals surface area contributed by atoms with Gasteiger partial charge in [-0.1, -0.05) is 62.4 Å². The predicted octanol–water partition coefficient (Wildman–Crippen LogP) is 3.24. The van der Waals surface area contributed by atoms with Crippen molar-refractivity contribution in [1.29, 1.82) is 0 Å². The summed E-state index contributed by atoms with van der Waals surface area (Å²) in [7, 11) is 0. The molecule has 21 heavy (non-hydrogen) atoms. The van der Waals surface area contributed by atoms with Crippen LogP contribution >= 0.6 is 11.3 Å². The average molecular weight is 305 g/mol. The molecule has 0 saturated heterocycles. The second-order valence-corrected chi connectivity index (χ2v) is 7.33. The number of benzene rings is 1. The topological polar surface area (TPSA) is 58.0 Å². The molecule has 0 saturated carbocycles. The molecule has 2 atom stereocenters. The lowest BCUT2D eigenvalue weighted by molar-refractivity contribution is 0.158. The van der Waals surface area contributed by atoms with Crippen molar-refractivity contribution in [2.24, 2.45) is 0 Å². The van der Waals surface area contributed by atoms with Crippen LogP contribution in [0.1, 0.15) is 38.3 Å². The van der Waals surface area contributed by atoms with Gasteiger partial charge in [0.1, 0.15) is 5.01 Å². The molecule has 0 fully saturated rings. The van der Waals surface area contributed by atoms with Crippen molar-refractivity contribution in [1.82, 2.24) is 10.2 Å². The second-order valence-electron chi connectivity index (χ2n) is 6.35. The number of hydrogen-bond acceptors (Lipinski definition) is 5. The SMILES string of the molecule is CC(Nc1nnc(C(C)(C)C)s1)C(O)Cc1ccccc1. The molecule has 0 spiro atoms. The van der Waals surface area contributed by atoms with Crippen LogP contribution in [0, 0.1) is 0 Å². The molecule has 1 aromatic carbocycles. The van der Waals surface area contributed by atoms with Crippen molar-refractivity contribution in [3.05, 3.63) is 40.9 Å². The molecule has 0 aliphatic carbocycles. The Morgan fingerprint density at radius 3 is 2.43 bits per heavy atom. The lowest BCUT2D eigenvalue weighted by Crippen LogP contribution is -2.32. The first-order valence-electron chi connectivity index (χ1n) is 7.19. The molecule has 0 aliphatic rings. The molecule has 0 bridgehead atoms. The fraction of sp³-hybridized carbons (Fsp3) is 0.500. The van der Waals surface area contributed by atoms with E-state index in [1.807, 2.05) is 37.3 Å². The van der Waals surface area contributed by atoms with Crippen molar-refractivity contribution in [2.45, 2.75) is 51.7 Å². The first-order chi connectivity index (χ1) is 9.86. The third kappa shape index (κ3) is 4.51. The van der Waals surface area contributed by atoms with Crippen molar-refractivity contribution in [3.63, 3.8) is 0 Å². The van der Waals surface area contributed by atoms with E-state index in [2.05, 4.69) is 36.3 Å². The molecule has 2 rings (SSSR count). The predicted molar refractivity (Wildman–Crippen MR) is 87.8 cm³/mol. The molecular formula is C16H23N3OS. The Kier molecular flexibility index (Phi) is 4.96. The fourth-order valence-corrected chi connectivity index (χ4v) is 2.81. The van der Waals surface area contributed by atoms with Crippen LogP contribution in [0.25, 0.3) is 0 Å². The monoisotopic (exact) mass is 305 g/mol. The first-order valence-corrected chi connectivity index (χ1v) is 8.00. The molecule has 2 N–H and O–H groups in total. The number of aliphatic hydroxyl groups is 1. The van der Waals surface area contributed by atoms with Gasteiger partial charge in [-0.25, -0.2) is 0 Å². The van der Waals surface area contributed by atoms with Crippen molar-refractivity contribution in [2.75, 3.05) is 5.32 Å². The van der Waals surface area contributed by atoms with Crippen molar-refractivity contribution >= 4 is 16.5 Å². The van der Waals surface area contributed by atoms with Gasteiger partial charge in [-0.05, 0) is 12.5 Å². The van der Waals surface area contributed by atoms with Gasteiger partial charge in [0.15, 0.2) is 0 Å². The Morgan fingerprint density at radius 1 is 1.19 bits per heavy atom. The normalized spacial score (nSPS) is 14.7. The van der Waals surface area contributed by atoms with Crippen LogP contribution in [0.5, 0.6) is 0 Å². The Hall–Kier alpha value is -1.46. The van der Waals surface area contributed by atoms with Gasteiger partial charge in [-0.3, -0.25) is 0 Å². The highest BCUT2D eigenvalue weighted by Crippen LogP contribution is 2.28. The number of nitrogens with one attached hydrogen (secondary N) is 1. The van der Waals surface area contributed by atoms with Gasteiger partial charge in [0, 0.05) is 11.8 Å². The number of aromatic nitrogens is 2. The van der Waals surface area contributed by atoms with E-state index in [1.165, 1.54) is 0 Å². The maximum atomic E-state index is 10.3. The average Bonchev–Trinajstić information content (AvgIpc) is 2.88. The molecule has 1 heterocycles. The van der Waals surface area contributed by atoms with Crippen LogP contribution in [0.3, 0.4) is 0 Å². The maximum Gasteiger partial charge on any atom is 0.205 e. The van der Waals surface area contributed by atoms with Crippen LogP contribution in [0.2, 0.25) is 0 Å².